The second-order valence-corrected chi connectivity index (χ2v) is 4.90. The molecule has 5 nitrogen and oxygen atoms in total. The summed E-state index contributed by atoms with van der Waals surface area (Å²) in [7, 11) is -4.27. The molecule has 0 unspecified atom stereocenters. The summed E-state index contributed by atoms with van der Waals surface area (Å²) in [4.78, 5) is 11.1. The van der Waals surface area contributed by atoms with Gasteiger partial charge in [0.05, 0.1) is 0 Å². The number of hydrogen-bond donors (Lipinski definition) is 2. The second-order valence-electron chi connectivity index (χ2n) is 3.45. The van der Waals surface area contributed by atoms with Crippen LogP contribution in [-0.2, 0) is 21.5 Å². The van der Waals surface area contributed by atoms with E-state index in [2.05, 4.69) is 11.9 Å². The van der Waals surface area contributed by atoms with Crippen LogP contribution in [-0.4, -0.2) is 24.6 Å². The molecule has 0 bridgehead atoms. The Bertz CT molecular complexity index is 522. The van der Waals surface area contributed by atoms with Crippen LogP contribution in [0.3, 0.4) is 0 Å². The van der Waals surface area contributed by atoms with Gasteiger partial charge in [0.15, 0.2) is 5.75 Å². The van der Waals surface area contributed by atoms with Crippen LogP contribution in [0.2, 0.25) is 0 Å². The molecule has 0 aromatic heterocycles. The molecule has 0 aliphatic heterocycles. The zero-order chi connectivity index (χ0) is 12.9. The Labute approximate surface area is 99.9 Å². The van der Waals surface area contributed by atoms with E-state index < -0.39 is 21.8 Å². The van der Waals surface area contributed by atoms with Crippen molar-refractivity contribution in [2.45, 2.75) is 6.54 Å². The standard InChI is InChI=1S/C11H13NO4S/c1-2-9-4-3-5-10(6-9)7-12-11(13)8-17(14,15)16/h2-6H,1,7-8H2,(H,12,13)(H,14,15,16). The van der Waals surface area contributed by atoms with E-state index in [1.165, 1.54) is 0 Å². The average Bonchev–Trinajstić information content (AvgIpc) is 2.24. The van der Waals surface area contributed by atoms with Crippen LogP contribution in [0.15, 0.2) is 30.8 Å². The van der Waals surface area contributed by atoms with E-state index in [1.54, 1.807) is 18.2 Å². The lowest BCUT2D eigenvalue weighted by atomic mass is 10.1. The first-order valence-electron chi connectivity index (χ1n) is 4.84. The molecule has 92 valence electrons. The Balaban J connectivity index is 2.55. The van der Waals surface area contributed by atoms with Gasteiger partial charge >= 0.3 is 0 Å². The SMILES string of the molecule is C=Cc1cccc(CNC(=O)CS(=O)(=O)O)c1. The van der Waals surface area contributed by atoms with E-state index in [-0.39, 0.29) is 6.54 Å². The third kappa shape index (κ3) is 5.28. The van der Waals surface area contributed by atoms with Crippen LogP contribution in [0.25, 0.3) is 6.08 Å². The van der Waals surface area contributed by atoms with Crippen molar-refractivity contribution in [1.29, 1.82) is 0 Å². The zero-order valence-corrected chi connectivity index (χ0v) is 9.90. The molecule has 0 radical (unpaired) electrons. The summed E-state index contributed by atoms with van der Waals surface area (Å²) in [5.41, 5.74) is 1.73. The first-order valence-corrected chi connectivity index (χ1v) is 6.45. The van der Waals surface area contributed by atoms with E-state index >= 15 is 0 Å². The summed E-state index contributed by atoms with van der Waals surface area (Å²) in [6.45, 7) is 3.82. The first-order chi connectivity index (χ1) is 7.90. The number of hydrogen-bond acceptors (Lipinski definition) is 3. The molecule has 1 amide bonds. The first kappa shape index (κ1) is 13.4. The van der Waals surface area contributed by atoms with Gasteiger partial charge in [0.1, 0.15) is 0 Å². The topological polar surface area (TPSA) is 83.5 Å². The summed E-state index contributed by atoms with van der Waals surface area (Å²) < 4.78 is 29.3. The highest BCUT2D eigenvalue weighted by Gasteiger charge is 2.11. The third-order valence-corrected chi connectivity index (χ3v) is 2.62. The maximum absolute atomic E-state index is 11.1. The minimum Gasteiger partial charge on any atom is -0.351 e. The van der Waals surface area contributed by atoms with Gasteiger partial charge in [-0.05, 0) is 17.2 Å². The molecule has 0 fully saturated rings. The normalized spacial score (nSPS) is 10.9. The fraction of sp³-hybridized carbons (Fsp3) is 0.182. The Morgan fingerprint density at radius 2 is 2.18 bits per heavy atom. The quantitative estimate of drug-likeness (QED) is 0.763. The zero-order valence-electron chi connectivity index (χ0n) is 9.09. The van der Waals surface area contributed by atoms with E-state index in [4.69, 9.17) is 4.55 Å². The predicted molar refractivity (Wildman–Crippen MR) is 64.8 cm³/mol. The molecule has 0 heterocycles. The van der Waals surface area contributed by atoms with Gasteiger partial charge in [-0.1, -0.05) is 30.9 Å². The van der Waals surface area contributed by atoms with Crippen molar-refractivity contribution in [3.05, 3.63) is 42.0 Å². The Kier molecular flexibility index (Phi) is 4.42. The van der Waals surface area contributed by atoms with Gasteiger partial charge < -0.3 is 5.32 Å². The highest BCUT2D eigenvalue weighted by molar-refractivity contribution is 7.86. The van der Waals surface area contributed by atoms with Crippen LogP contribution in [0, 0.1) is 0 Å². The molecular formula is C11H13NO4S. The van der Waals surface area contributed by atoms with Crippen molar-refractivity contribution >= 4 is 22.1 Å². The summed E-state index contributed by atoms with van der Waals surface area (Å²) in [5, 5.41) is 2.39. The van der Waals surface area contributed by atoms with Crippen molar-refractivity contribution in [3.8, 4) is 0 Å². The van der Waals surface area contributed by atoms with Crippen molar-refractivity contribution in [3.63, 3.8) is 0 Å². The van der Waals surface area contributed by atoms with Crippen LogP contribution in [0.5, 0.6) is 0 Å². The van der Waals surface area contributed by atoms with Gasteiger partial charge in [0.2, 0.25) is 5.91 Å². The number of benzene rings is 1. The third-order valence-electron chi connectivity index (χ3n) is 1.99. The minimum absolute atomic E-state index is 0.204. The van der Waals surface area contributed by atoms with Gasteiger partial charge in [-0.15, -0.1) is 0 Å². The minimum atomic E-state index is -4.27. The van der Waals surface area contributed by atoms with E-state index in [0.717, 1.165) is 11.1 Å². The predicted octanol–water partition coefficient (Wildman–Crippen LogP) is 0.834. The number of carbonyl (C=O) groups excluding carboxylic acids is 1. The van der Waals surface area contributed by atoms with Crippen molar-refractivity contribution < 1.29 is 17.8 Å². The molecule has 1 rings (SSSR count). The molecule has 0 atom stereocenters. The molecular weight excluding hydrogens is 242 g/mol. The van der Waals surface area contributed by atoms with E-state index in [0.29, 0.717) is 0 Å². The lowest BCUT2D eigenvalue weighted by Crippen LogP contribution is -2.29. The van der Waals surface area contributed by atoms with Crippen LogP contribution in [0.1, 0.15) is 11.1 Å². The van der Waals surface area contributed by atoms with E-state index in [9.17, 15) is 13.2 Å². The van der Waals surface area contributed by atoms with Crippen molar-refractivity contribution in [2.24, 2.45) is 0 Å². The summed E-state index contributed by atoms with van der Waals surface area (Å²) in [6.07, 6.45) is 1.67. The lowest BCUT2D eigenvalue weighted by molar-refractivity contribution is -0.118. The molecule has 17 heavy (non-hydrogen) atoms. The van der Waals surface area contributed by atoms with Crippen LogP contribution in [0.4, 0.5) is 0 Å². The number of rotatable bonds is 5. The number of amides is 1. The Morgan fingerprint density at radius 1 is 1.47 bits per heavy atom. The van der Waals surface area contributed by atoms with Gasteiger partial charge in [0.25, 0.3) is 10.1 Å². The molecule has 0 aliphatic rings. The maximum Gasteiger partial charge on any atom is 0.274 e. The second kappa shape index (κ2) is 5.60. The largest absolute Gasteiger partial charge is 0.351 e. The van der Waals surface area contributed by atoms with Crippen LogP contribution < -0.4 is 5.32 Å². The molecule has 0 spiro atoms. The molecule has 0 saturated heterocycles. The molecule has 1 aromatic rings. The summed E-state index contributed by atoms with van der Waals surface area (Å²) in [5.74, 6) is -1.66. The van der Waals surface area contributed by atoms with Gasteiger partial charge in [-0.3, -0.25) is 9.35 Å². The van der Waals surface area contributed by atoms with Crippen molar-refractivity contribution in [1.82, 2.24) is 5.32 Å². The molecule has 6 heteroatoms. The van der Waals surface area contributed by atoms with Gasteiger partial charge in [-0.25, -0.2) is 0 Å². The highest BCUT2D eigenvalue weighted by Crippen LogP contribution is 2.05. The smallest absolute Gasteiger partial charge is 0.274 e. The summed E-state index contributed by atoms with van der Waals surface area (Å²) >= 11 is 0. The fourth-order valence-electron chi connectivity index (χ4n) is 1.25. The highest BCUT2D eigenvalue weighted by atomic mass is 32.2. The van der Waals surface area contributed by atoms with Gasteiger partial charge in [-0.2, -0.15) is 8.42 Å². The number of carbonyl (C=O) groups is 1. The fourth-order valence-corrected chi connectivity index (χ4v) is 1.68. The lowest BCUT2D eigenvalue weighted by Gasteiger charge is -2.05. The van der Waals surface area contributed by atoms with E-state index in [1.807, 2.05) is 12.1 Å². The summed E-state index contributed by atoms with van der Waals surface area (Å²) in [6, 6.07) is 7.28. The molecule has 2 N–H and O–H groups in total. The molecule has 1 aromatic carbocycles. The Hall–Kier alpha value is -1.66. The molecule has 0 aliphatic carbocycles. The number of nitrogens with one attached hydrogen (secondary N) is 1. The average molecular weight is 255 g/mol. The monoisotopic (exact) mass is 255 g/mol. The molecule has 0 saturated carbocycles. The Morgan fingerprint density at radius 3 is 2.76 bits per heavy atom. The maximum atomic E-state index is 11.1. The van der Waals surface area contributed by atoms with Crippen molar-refractivity contribution in [2.75, 3.05) is 5.75 Å². The van der Waals surface area contributed by atoms with Crippen LogP contribution >= 0.6 is 0 Å². The van der Waals surface area contributed by atoms with Gasteiger partial charge in [0, 0.05) is 6.54 Å².